The molecule has 0 saturated heterocycles. The molecule has 0 aromatic heterocycles. The Balaban J connectivity index is 1.83. The molecule has 1 fully saturated rings. The van der Waals surface area contributed by atoms with E-state index in [9.17, 15) is 4.79 Å². The molecule has 4 heteroatoms. The van der Waals surface area contributed by atoms with Gasteiger partial charge in [-0.3, -0.25) is 10.1 Å². The van der Waals surface area contributed by atoms with Gasteiger partial charge >= 0.3 is 0 Å². The molecule has 2 atom stereocenters. The third-order valence-electron chi connectivity index (χ3n) is 4.21. The van der Waals surface area contributed by atoms with E-state index in [2.05, 4.69) is 45.6 Å². The van der Waals surface area contributed by atoms with E-state index in [4.69, 9.17) is 0 Å². The Kier molecular flexibility index (Phi) is 6.24. The van der Waals surface area contributed by atoms with Crippen LogP contribution in [0.5, 0.6) is 0 Å². The Bertz CT molecular complexity index is 454. The van der Waals surface area contributed by atoms with Gasteiger partial charge in [-0.2, -0.15) is 0 Å². The average molecular weight is 353 g/mol. The zero-order valence-corrected chi connectivity index (χ0v) is 14.4. The summed E-state index contributed by atoms with van der Waals surface area (Å²) in [6.07, 6.45) is 6.03. The van der Waals surface area contributed by atoms with Crippen LogP contribution in [0.4, 0.5) is 0 Å². The van der Waals surface area contributed by atoms with E-state index in [-0.39, 0.29) is 18.0 Å². The summed E-state index contributed by atoms with van der Waals surface area (Å²) in [6, 6.07) is 8.57. The molecule has 0 radical (unpaired) electrons. The predicted molar refractivity (Wildman–Crippen MR) is 90.2 cm³/mol. The van der Waals surface area contributed by atoms with Crippen molar-refractivity contribution in [3.8, 4) is 0 Å². The van der Waals surface area contributed by atoms with Crippen LogP contribution in [0.25, 0.3) is 0 Å². The molecule has 1 aliphatic carbocycles. The summed E-state index contributed by atoms with van der Waals surface area (Å²) in [4.78, 5) is 12.3. The van der Waals surface area contributed by atoms with Crippen molar-refractivity contribution in [1.29, 1.82) is 0 Å². The molecule has 1 unspecified atom stereocenters. The van der Waals surface area contributed by atoms with Crippen molar-refractivity contribution < 1.29 is 4.79 Å². The second kappa shape index (κ2) is 7.95. The van der Waals surface area contributed by atoms with Gasteiger partial charge in [0.15, 0.2) is 0 Å². The molecule has 0 spiro atoms. The molecule has 116 valence electrons. The van der Waals surface area contributed by atoms with Crippen LogP contribution in [-0.4, -0.2) is 18.0 Å². The number of benzene rings is 1. The lowest BCUT2D eigenvalue weighted by Crippen LogP contribution is -2.47. The fourth-order valence-corrected chi connectivity index (χ4v) is 3.14. The lowest BCUT2D eigenvalue weighted by Gasteiger charge is -2.26. The summed E-state index contributed by atoms with van der Waals surface area (Å²) in [5.74, 6) is 0.117. The number of carbonyl (C=O) groups excluding carboxylic acids is 1. The highest BCUT2D eigenvalue weighted by Gasteiger charge is 2.20. The second-order valence-corrected chi connectivity index (χ2v) is 6.92. The van der Waals surface area contributed by atoms with E-state index in [0.29, 0.717) is 6.04 Å². The molecule has 0 heterocycles. The maximum atomic E-state index is 12.3. The fraction of sp³-hybridized carbons (Fsp3) is 0.588. The van der Waals surface area contributed by atoms with Crippen LogP contribution in [0.2, 0.25) is 0 Å². The smallest absolute Gasteiger partial charge is 0.237 e. The van der Waals surface area contributed by atoms with Crippen molar-refractivity contribution in [1.82, 2.24) is 10.6 Å². The summed E-state index contributed by atoms with van der Waals surface area (Å²) in [5, 5.41) is 6.55. The summed E-state index contributed by atoms with van der Waals surface area (Å²) in [6.45, 7) is 4.03. The number of rotatable bonds is 5. The van der Waals surface area contributed by atoms with Gasteiger partial charge in [0, 0.05) is 16.6 Å². The fourth-order valence-electron chi connectivity index (χ4n) is 2.87. The Morgan fingerprint density at radius 2 is 1.76 bits per heavy atom. The van der Waals surface area contributed by atoms with Crippen LogP contribution in [0.1, 0.15) is 57.6 Å². The highest BCUT2D eigenvalue weighted by atomic mass is 79.9. The first-order valence-electron chi connectivity index (χ1n) is 7.88. The highest BCUT2D eigenvalue weighted by molar-refractivity contribution is 9.10. The van der Waals surface area contributed by atoms with Crippen molar-refractivity contribution in [3.63, 3.8) is 0 Å². The minimum atomic E-state index is -0.175. The van der Waals surface area contributed by atoms with Gasteiger partial charge in [-0.05, 0) is 44.4 Å². The molecular formula is C17H25BrN2O. The van der Waals surface area contributed by atoms with E-state index in [1.165, 1.54) is 24.8 Å². The van der Waals surface area contributed by atoms with Crippen LogP contribution in [-0.2, 0) is 4.79 Å². The maximum absolute atomic E-state index is 12.3. The van der Waals surface area contributed by atoms with Gasteiger partial charge in [-0.1, -0.05) is 47.3 Å². The van der Waals surface area contributed by atoms with Crippen LogP contribution in [0.3, 0.4) is 0 Å². The first-order valence-corrected chi connectivity index (χ1v) is 8.67. The lowest BCUT2D eigenvalue weighted by molar-refractivity contribution is -0.123. The van der Waals surface area contributed by atoms with Gasteiger partial charge in [0.25, 0.3) is 0 Å². The average Bonchev–Trinajstić information content (AvgIpc) is 2.48. The molecule has 0 aliphatic heterocycles. The summed E-state index contributed by atoms with van der Waals surface area (Å²) >= 11 is 3.44. The van der Waals surface area contributed by atoms with Gasteiger partial charge in [-0.25, -0.2) is 0 Å². The molecule has 3 nitrogen and oxygen atoms in total. The molecule has 1 aromatic carbocycles. The van der Waals surface area contributed by atoms with E-state index in [1.54, 1.807) is 0 Å². The number of hydrogen-bond donors (Lipinski definition) is 2. The largest absolute Gasteiger partial charge is 0.352 e. The number of carbonyl (C=O) groups is 1. The Morgan fingerprint density at radius 1 is 1.14 bits per heavy atom. The monoisotopic (exact) mass is 352 g/mol. The number of amides is 1. The molecule has 0 bridgehead atoms. The van der Waals surface area contributed by atoms with Gasteiger partial charge in [0.2, 0.25) is 5.91 Å². The molecular weight excluding hydrogens is 328 g/mol. The van der Waals surface area contributed by atoms with E-state index < -0.39 is 0 Å². The molecule has 1 amide bonds. The predicted octanol–water partition coefficient (Wildman–Crippen LogP) is 3.94. The molecule has 2 N–H and O–H groups in total. The second-order valence-electron chi connectivity index (χ2n) is 6.01. The zero-order valence-electron chi connectivity index (χ0n) is 12.9. The summed E-state index contributed by atoms with van der Waals surface area (Å²) in [5.41, 5.74) is 1.19. The lowest BCUT2D eigenvalue weighted by atomic mass is 9.95. The standard InChI is InChI=1S/C17H25BrN2O/c1-12(14-8-10-15(18)11-9-14)19-13(2)17(21)20-16-6-4-3-5-7-16/h8-13,16,19H,3-7H2,1-2H3,(H,20,21)/t12-,13?/m1/s1. The van der Waals surface area contributed by atoms with E-state index in [0.717, 1.165) is 17.3 Å². The normalized spacial score (nSPS) is 19.0. The van der Waals surface area contributed by atoms with Crippen molar-refractivity contribution in [3.05, 3.63) is 34.3 Å². The van der Waals surface area contributed by atoms with Gasteiger partial charge in [0.1, 0.15) is 0 Å². The zero-order chi connectivity index (χ0) is 15.2. The third-order valence-corrected chi connectivity index (χ3v) is 4.74. The molecule has 1 saturated carbocycles. The first kappa shape index (κ1) is 16.5. The first-order chi connectivity index (χ1) is 10.1. The van der Waals surface area contributed by atoms with Crippen molar-refractivity contribution >= 4 is 21.8 Å². The van der Waals surface area contributed by atoms with Gasteiger partial charge in [0.05, 0.1) is 6.04 Å². The highest BCUT2D eigenvalue weighted by Crippen LogP contribution is 2.18. The van der Waals surface area contributed by atoms with E-state index in [1.807, 2.05) is 19.1 Å². The number of hydrogen-bond acceptors (Lipinski definition) is 2. The third kappa shape index (κ3) is 5.11. The number of nitrogens with one attached hydrogen (secondary N) is 2. The minimum absolute atomic E-state index is 0.117. The molecule has 1 aromatic rings. The summed E-state index contributed by atoms with van der Waals surface area (Å²) in [7, 11) is 0. The Morgan fingerprint density at radius 3 is 2.38 bits per heavy atom. The maximum Gasteiger partial charge on any atom is 0.237 e. The van der Waals surface area contributed by atoms with Gasteiger partial charge < -0.3 is 5.32 Å². The van der Waals surface area contributed by atoms with Crippen LogP contribution in [0.15, 0.2) is 28.7 Å². The minimum Gasteiger partial charge on any atom is -0.352 e. The molecule has 2 rings (SSSR count). The SMILES string of the molecule is CC(N[C@H](C)c1ccc(Br)cc1)C(=O)NC1CCCCC1. The Hall–Kier alpha value is -0.870. The van der Waals surface area contributed by atoms with Crippen LogP contribution < -0.4 is 10.6 Å². The summed E-state index contributed by atoms with van der Waals surface area (Å²) < 4.78 is 1.07. The number of halogens is 1. The van der Waals surface area contributed by atoms with E-state index >= 15 is 0 Å². The quantitative estimate of drug-likeness (QED) is 0.842. The van der Waals surface area contributed by atoms with Crippen LogP contribution >= 0.6 is 15.9 Å². The Labute approximate surface area is 136 Å². The van der Waals surface area contributed by atoms with Crippen molar-refractivity contribution in [2.45, 2.75) is 64.1 Å². The topological polar surface area (TPSA) is 41.1 Å². The van der Waals surface area contributed by atoms with Crippen LogP contribution in [0, 0.1) is 0 Å². The molecule has 21 heavy (non-hydrogen) atoms. The molecule has 1 aliphatic rings. The van der Waals surface area contributed by atoms with Gasteiger partial charge in [-0.15, -0.1) is 0 Å². The van der Waals surface area contributed by atoms with Crippen molar-refractivity contribution in [2.75, 3.05) is 0 Å². The van der Waals surface area contributed by atoms with Crippen molar-refractivity contribution in [2.24, 2.45) is 0 Å².